The smallest absolute Gasteiger partial charge is 0.254 e. The van der Waals surface area contributed by atoms with Crippen LogP contribution in [0.25, 0.3) is 0 Å². The van der Waals surface area contributed by atoms with E-state index in [1.807, 2.05) is 23.1 Å². The van der Waals surface area contributed by atoms with Gasteiger partial charge >= 0.3 is 0 Å². The Morgan fingerprint density at radius 2 is 2.29 bits per heavy atom. The first-order valence-corrected chi connectivity index (χ1v) is 6.85. The third kappa shape index (κ3) is 2.00. The van der Waals surface area contributed by atoms with E-state index < -0.39 is 0 Å². The molecule has 1 aromatic rings. The molecular weight excluding hydrogens is 280 g/mol. The van der Waals surface area contributed by atoms with E-state index in [4.69, 9.17) is 0 Å². The molecule has 90 valence electrons. The van der Waals surface area contributed by atoms with Crippen molar-refractivity contribution in [2.75, 3.05) is 13.1 Å². The number of benzene rings is 1. The van der Waals surface area contributed by atoms with Crippen molar-refractivity contribution in [1.82, 2.24) is 10.2 Å². The SMILES string of the molecule is O=C1c2cc(Br)ccc2CN1C1CCCNC1. The standard InChI is InChI=1S/C13H15BrN2O/c14-10-4-3-9-8-16(13(17)12(9)6-10)11-2-1-5-15-7-11/h3-4,6,11,15H,1-2,5,7-8H2. The van der Waals surface area contributed by atoms with Crippen LogP contribution in [0.1, 0.15) is 28.8 Å². The molecule has 0 aromatic heterocycles. The van der Waals surface area contributed by atoms with Crippen LogP contribution in [0.4, 0.5) is 0 Å². The van der Waals surface area contributed by atoms with Gasteiger partial charge in [-0.3, -0.25) is 4.79 Å². The van der Waals surface area contributed by atoms with Gasteiger partial charge in [0.15, 0.2) is 0 Å². The van der Waals surface area contributed by atoms with Gasteiger partial charge in [-0.05, 0) is 37.1 Å². The van der Waals surface area contributed by atoms with Crippen molar-refractivity contribution in [3.8, 4) is 0 Å². The molecule has 2 heterocycles. The lowest BCUT2D eigenvalue weighted by molar-refractivity contribution is 0.0674. The Morgan fingerprint density at radius 1 is 1.41 bits per heavy atom. The average Bonchev–Trinajstić information content (AvgIpc) is 2.68. The maximum atomic E-state index is 12.3. The minimum Gasteiger partial charge on any atom is -0.330 e. The number of halogens is 1. The number of fused-ring (bicyclic) bond motifs is 1. The van der Waals surface area contributed by atoms with E-state index in [1.165, 1.54) is 0 Å². The lowest BCUT2D eigenvalue weighted by Gasteiger charge is -2.31. The summed E-state index contributed by atoms with van der Waals surface area (Å²) in [6, 6.07) is 6.36. The number of nitrogens with one attached hydrogen (secondary N) is 1. The largest absolute Gasteiger partial charge is 0.330 e. The van der Waals surface area contributed by atoms with E-state index in [-0.39, 0.29) is 5.91 Å². The Bertz CT molecular complexity index is 455. The molecule has 0 aliphatic carbocycles. The van der Waals surface area contributed by atoms with Crippen LogP contribution < -0.4 is 5.32 Å². The molecule has 1 fully saturated rings. The predicted molar refractivity (Wildman–Crippen MR) is 69.9 cm³/mol. The van der Waals surface area contributed by atoms with Crippen LogP contribution >= 0.6 is 15.9 Å². The summed E-state index contributed by atoms with van der Waals surface area (Å²) in [5.41, 5.74) is 2.02. The lowest BCUT2D eigenvalue weighted by Crippen LogP contribution is -2.46. The first kappa shape index (κ1) is 11.2. The van der Waals surface area contributed by atoms with Gasteiger partial charge in [0.25, 0.3) is 5.91 Å². The third-order valence-corrected chi connectivity index (χ3v) is 4.11. The highest BCUT2D eigenvalue weighted by Crippen LogP contribution is 2.28. The minimum atomic E-state index is 0.190. The number of hydrogen-bond donors (Lipinski definition) is 1. The van der Waals surface area contributed by atoms with Crippen molar-refractivity contribution in [2.24, 2.45) is 0 Å². The summed E-state index contributed by atoms with van der Waals surface area (Å²) in [5.74, 6) is 0.190. The summed E-state index contributed by atoms with van der Waals surface area (Å²) < 4.78 is 0.980. The zero-order valence-electron chi connectivity index (χ0n) is 9.58. The summed E-state index contributed by atoms with van der Waals surface area (Å²) in [4.78, 5) is 14.3. The summed E-state index contributed by atoms with van der Waals surface area (Å²) in [5, 5.41) is 3.37. The number of amides is 1. The van der Waals surface area contributed by atoms with E-state index in [9.17, 15) is 4.79 Å². The molecule has 2 aliphatic rings. The van der Waals surface area contributed by atoms with Crippen LogP contribution in [-0.4, -0.2) is 29.9 Å². The van der Waals surface area contributed by atoms with Gasteiger partial charge < -0.3 is 10.2 Å². The third-order valence-electron chi connectivity index (χ3n) is 3.62. The predicted octanol–water partition coefficient (Wildman–Crippen LogP) is 2.16. The van der Waals surface area contributed by atoms with Crippen LogP contribution in [0, 0.1) is 0 Å². The Morgan fingerprint density at radius 3 is 3.06 bits per heavy atom. The van der Waals surface area contributed by atoms with Crippen LogP contribution in [0.3, 0.4) is 0 Å². The Kier molecular flexibility index (Phi) is 2.92. The van der Waals surface area contributed by atoms with E-state index in [2.05, 4.69) is 21.2 Å². The molecule has 2 aliphatic heterocycles. The summed E-state index contributed by atoms with van der Waals surface area (Å²) >= 11 is 3.43. The molecular formula is C13H15BrN2O. The van der Waals surface area contributed by atoms with E-state index in [0.717, 1.165) is 48.1 Å². The molecule has 1 amide bonds. The highest BCUT2D eigenvalue weighted by Gasteiger charge is 2.33. The van der Waals surface area contributed by atoms with Gasteiger partial charge in [-0.25, -0.2) is 0 Å². The van der Waals surface area contributed by atoms with Gasteiger partial charge in [0.1, 0.15) is 0 Å². The molecule has 17 heavy (non-hydrogen) atoms. The molecule has 1 unspecified atom stereocenters. The number of nitrogens with zero attached hydrogens (tertiary/aromatic N) is 1. The molecule has 1 aromatic carbocycles. The first-order valence-electron chi connectivity index (χ1n) is 6.06. The highest BCUT2D eigenvalue weighted by molar-refractivity contribution is 9.10. The molecule has 0 radical (unpaired) electrons. The fraction of sp³-hybridized carbons (Fsp3) is 0.462. The number of piperidine rings is 1. The van der Waals surface area contributed by atoms with Crippen LogP contribution in [0.5, 0.6) is 0 Å². The molecule has 4 heteroatoms. The second kappa shape index (κ2) is 4.42. The summed E-state index contributed by atoms with van der Waals surface area (Å²) in [7, 11) is 0. The topological polar surface area (TPSA) is 32.3 Å². The fourth-order valence-electron chi connectivity index (χ4n) is 2.69. The van der Waals surface area contributed by atoms with Crippen molar-refractivity contribution in [3.05, 3.63) is 33.8 Å². The van der Waals surface area contributed by atoms with Crippen LogP contribution in [0.2, 0.25) is 0 Å². The van der Waals surface area contributed by atoms with Crippen molar-refractivity contribution < 1.29 is 4.79 Å². The van der Waals surface area contributed by atoms with Crippen molar-refractivity contribution >= 4 is 21.8 Å². The molecule has 3 rings (SSSR count). The summed E-state index contributed by atoms with van der Waals surface area (Å²) in [6.07, 6.45) is 2.28. The van der Waals surface area contributed by atoms with Crippen molar-refractivity contribution in [3.63, 3.8) is 0 Å². The second-order valence-corrected chi connectivity index (χ2v) is 5.65. The molecule has 3 nitrogen and oxygen atoms in total. The van der Waals surface area contributed by atoms with Gasteiger partial charge in [0.05, 0.1) is 0 Å². The fourth-order valence-corrected chi connectivity index (χ4v) is 3.05. The number of hydrogen-bond acceptors (Lipinski definition) is 2. The van der Waals surface area contributed by atoms with Gasteiger partial charge in [0, 0.05) is 29.2 Å². The van der Waals surface area contributed by atoms with Crippen molar-refractivity contribution in [2.45, 2.75) is 25.4 Å². The van der Waals surface area contributed by atoms with Crippen LogP contribution in [0.15, 0.2) is 22.7 Å². The zero-order valence-corrected chi connectivity index (χ0v) is 11.2. The molecule has 1 saturated heterocycles. The van der Waals surface area contributed by atoms with E-state index in [0.29, 0.717) is 6.04 Å². The maximum Gasteiger partial charge on any atom is 0.254 e. The van der Waals surface area contributed by atoms with Crippen LogP contribution in [-0.2, 0) is 6.54 Å². The average molecular weight is 295 g/mol. The second-order valence-electron chi connectivity index (χ2n) is 4.73. The number of rotatable bonds is 1. The quantitative estimate of drug-likeness (QED) is 0.861. The number of carbonyl (C=O) groups excluding carboxylic acids is 1. The van der Waals surface area contributed by atoms with Gasteiger partial charge in [-0.15, -0.1) is 0 Å². The highest BCUT2D eigenvalue weighted by atomic mass is 79.9. The van der Waals surface area contributed by atoms with Gasteiger partial charge in [0.2, 0.25) is 0 Å². The Labute approximate surface area is 109 Å². The van der Waals surface area contributed by atoms with E-state index in [1.54, 1.807) is 0 Å². The molecule has 0 bridgehead atoms. The molecule has 0 spiro atoms. The minimum absolute atomic E-state index is 0.190. The Hall–Kier alpha value is -0.870. The van der Waals surface area contributed by atoms with E-state index >= 15 is 0 Å². The van der Waals surface area contributed by atoms with Gasteiger partial charge in [-0.2, -0.15) is 0 Å². The monoisotopic (exact) mass is 294 g/mol. The lowest BCUT2D eigenvalue weighted by atomic mass is 10.1. The van der Waals surface area contributed by atoms with Crippen molar-refractivity contribution in [1.29, 1.82) is 0 Å². The zero-order chi connectivity index (χ0) is 11.8. The maximum absolute atomic E-state index is 12.3. The Balaban J connectivity index is 1.85. The number of carbonyl (C=O) groups is 1. The normalized spacial score (nSPS) is 23.9. The molecule has 1 N–H and O–H groups in total. The first-order chi connectivity index (χ1) is 8.25. The molecule has 1 atom stereocenters. The molecule has 0 saturated carbocycles. The summed E-state index contributed by atoms with van der Waals surface area (Å²) in [6.45, 7) is 2.78. The van der Waals surface area contributed by atoms with Gasteiger partial charge in [-0.1, -0.05) is 22.0 Å².